The number of rotatable bonds is 10. The van der Waals surface area contributed by atoms with Gasteiger partial charge in [0.05, 0.1) is 55.8 Å². The molecule has 0 bridgehead atoms. The molecule has 0 saturated carbocycles. The second-order valence-corrected chi connectivity index (χ2v) is 18.4. The highest BCUT2D eigenvalue weighted by Gasteiger charge is 2.58. The van der Waals surface area contributed by atoms with Gasteiger partial charge in [0.2, 0.25) is 0 Å². The van der Waals surface area contributed by atoms with Crippen LogP contribution in [0.25, 0.3) is 0 Å². The number of carbonyl (C=O) groups excluding carboxylic acids is 2. The zero-order valence-corrected chi connectivity index (χ0v) is 37.3. The van der Waals surface area contributed by atoms with E-state index in [-0.39, 0.29) is 44.0 Å². The van der Waals surface area contributed by atoms with E-state index < -0.39 is 133 Å². The van der Waals surface area contributed by atoms with Crippen molar-refractivity contribution in [3.8, 4) is 0 Å². The lowest BCUT2D eigenvalue weighted by Gasteiger charge is -2.49. The molecule has 23 atom stereocenters. The molecule has 0 aliphatic carbocycles. The Labute approximate surface area is 354 Å². The van der Waals surface area contributed by atoms with Gasteiger partial charge < -0.3 is 77.8 Å². The van der Waals surface area contributed by atoms with Gasteiger partial charge in [0.1, 0.15) is 42.7 Å². The monoisotopic (exact) mass is 863 g/mol. The number of hydrogen-bond acceptors (Lipinski definition) is 18. The van der Waals surface area contributed by atoms with Crippen LogP contribution < -0.4 is 0 Å². The molecule has 18 nitrogen and oxygen atoms in total. The minimum atomic E-state index is -1.64. The highest BCUT2D eigenvalue weighted by molar-refractivity contribution is 5.92. The third-order valence-corrected chi connectivity index (χ3v) is 13.7. The van der Waals surface area contributed by atoms with Gasteiger partial charge in [-0.05, 0) is 60.5 Å². The van der Waals surface area contributed by atoms with Crippen LogP contribution in [-0.2, 0) is 57.0 Å². The number of nitrogens with zero attached hydrogens (tertiary/aromatic N) is 1. The first-order chi connectivity index (χ1) is 28.2. The Morgan fingerprint density at radius 2 is 1.35 bits per heavy atom. The molecule has 5 rings (SSSR count). The quantitative estimate of drug-likeness (QED) is 0.148. The van der Waals surface area contributed by atoms with E-state index in [0.29, 0.717) is 6.42 Å². The molecule has 5 aliphatic rings. The van der Waals surface area contributed by atoms with Crippen LogP contribution in [0.4, 0.5) is 0 Å². The average molecular weight is 864 g/mol. The average Bonchev–Trinajstić information content (AvgIpc) is 3.99. The van der Waals surface area contributed by atoms with E-state index in [1.54, 1.807) is 34.6 Å². The highest BCUT2D eigenvalue weighted by Crippen LogP contribution is 2.44. The molecule has 0 amide bonds. The summed E-state index contributed by atoms with van der Waals surface area (Å²) >= 11 is 0. The Hall–Kier alpha value is -1.46. The zero-order valence-electron chi connectivity index (χ0n) is 37.3. The van der Waals surface area contributed by atoms with Crippen molar-refractivity contribution in [2.24, 2.45) is 29.6 Å². The molecular weight excluding hydrogens is 790 g/mol. The fourth-order valence-corrected chi connectivity index (χ4v) is 9.51. The molecule has 5 N–H and O–H groups in total. The number of ketones is 1. The molecule has 0 aromatic rings. The molecular formula is C42H73NO17. The smallest absolute Gasteiger partial charge is 0.311 e. The topological polar surface area (TPSA) is 234 Å². The number of hydrogen-bond donors (Lipinski definition) is 5. The number of Topliss-reactive ketones (excluding diaryl/α,β-unsaturated/α-hetero) is 1. The first-order valence-corrected chi connectivity index (χ1v) is 21.6. The van der Waals surface area contributed by atoms with Gasteiger partial charge in [-0.1, -0.05) is 27.7 Å². The van der Waals surface area contributed by atoms with Crippen LogP contribution in [0.1, 0.15) is 74.7 Å². The third-order valence-electron chi connectivity index (χ3n) is 13.7. The molecule has 5 saturated heterocycles. The Bertz CT molecular complexity index is 1400. The number of ether oxygens (including phenoxy) is 10. The first-order valence-electron chi connectivity index (χ1n) is 21.6. The minimum Gasteiger partial charge on any atom is -0.462 e. The van der Waals surface area contributed by atoms with Crippen molar-refractivity contribution >= 4 is 11.8 Å². The van der Waals surface area contributed by atoms with Crippen molar-refractivity contribution < 1.29 is 82.5 Å². The Morgan fingerprint density at radius 1 is 0.700 bits per heavy atom. The van der Waals surface area contributed by atoms with E-state index in [9.17, 15) is 35.1 Å². The Morgan fingerprint density at radius 3 is 1.95 bits per heavy atom. The lowest BCUT2D eigenvalue weighted by atomic mass is 9.76. The van der Waals surface area contributed by atoms with Gasteiger partial charge in [0.15, 0.2) is 30.3 Å². The van der Waals surface area contributed by atoms with Gasteiger partial charge >= 0.3 is 5.97 Å². The maximum absolute atomic E-state index is 14.2. The number of cyclic esters (lactones) is 1. The summed E-state index contributed by atoms with van der Waals surface area (Å²) in [6.07, 6.45) is -15.5. The van der Waals surface area contributed by atoms with Gasteiger partial charge in [0.25, 0.3) is 0 Å². The SMILES string of the molecule is COC[C@H]1O[C@@H](O[C@H]2[C@H](O[C@@H]3[C@@H](C)[C@H](O[C@H]4C[C@H](OC)[C@@H](O)[C@H](C)O4)[C@@H](C)C(=O)O[C@H](C)[C@H](C)[C@H](O)[C@@H](C)C(=O)[C@@]4(CO4)C[C@@H]3C)O[C@H](C)C[C@@H]2N(C)C)[C@H](O)[C@@H](O)[C@H]1O. The van der Waals surface area contributed by atoms with E-state index in [4.69, 9.17) is 47.4 Å². The van der Waals surface area contributed by atoms with Crippen LogP contribution in [0.2, 0.25) is 0 Å². The largest absolute Gasteiger partial charge is 0.462 e. The number of aliphatic hydroxyl groups excluding tert-OH is 5. The molecule has 5 heterocycles. The summed E-state index contributed by atoms with van der Waals surface area (Å²) in [5.74, 6) is -4.35. The summed E-state index contributed by atoms with van der Waals surface area (Å²) < 4.78 is 61.8. The molecule has 5 fully saturated rings. The van der Waals surface area contributed by atoms with Crippen molar-refractivity contribution in [2.45, 2.75) is 185 Å². The van der Waals surface area contributed by atoms with E-state index in [2.05, 4.69) is 0 Å². The number of epoxide rings is 1. The van der Waals surface area contributed by atoms with Crippen LogP contribution >= 0.6 is 0 Å². The highest BCUT2D eigenvalue weighted by atomic mass is 16.8. The Balaban J connectivity index is 1.56. The summed E-state index contributed by atoms with van der Waals surface area (Å²) in [5.41, 5.74) is -1.20. The molecule has 348 valence electrons. The molecule has 1 spiro atoms. The van der Waals surface area contributed by atoms with Crippen LogP contribution in [0.3, 0.4) is 0 Å². The van der Waals surface area contributed by atoms with Gasteiger partial charge in [0, 0.05) is 44.4 Å². The van der Waals surface area contributed by atoms with E-state index in [0.717, 1.165) is 0 Å². The summed E-state index contributed by atoms with van der Waals surface area (Å²) in [6, 6.07) is -0.371. The molecule has 18 heteroatoms. The van der Waals surface area contributed by atoms with Crippen LogP contribution in [-0.4, -0.2) is 194 Å². The van der Waals surface area contributed by atoms with E-state index >= 15 is 0 Å². The van der Waals surface area contributed by atoms with E-state index in [1.165, 1.54) is 14.2 Å². The number of methoxy groups -OCH3 is 2. The van der Waals surface area contributed by atoms with Crippen molar-refractivity contribution in [1.82, 2.24) is 4.90 Å². The molecule has 0 aromatic heterocycles. The van der Waals surface area contributed by atoms with Crippen molar-refractivity contribution in [2.75, 3.05) is 41.5 Å². The normalized spacial score (nSPS) is 50.0. The van der Waals surface area contributed by atoms with Crippen LogP contribution in [0.15, 0.2) is 0 Å². The maximum atomic E-state index is 14.2. The fourth-order valence-electron chi connectivity index (χ4n) is 9.51. The maximum Gasteiger partial charge on any atom is 0.311 e. The fraction of sp³-hybridized carbons (Fsp3) is 0.952. The first kappa shape index (κ1) is 49.6. The van der Waals surface area contributed by atoms with Crippen molar-refractivity contribution in [3.05, 3.63) is 0 Å². The van der Waals surface area contributed by atoms with Gasteiger partial charge in [-0.3, -0.25) is 9.59 Å². The van der Waals surface area contributed by atoms with Gasteiger partial charge in [-0.2, -0.15) is 0 Å². The molecule has 5 aliphatic heterocycles. The predicted octanol–water partition coefficient (Wildman–Crippen LogP) is 0.387. The summed E-state index contributed by atoms with van der Waals surface area (Å²) in [6.45, 7) is 14.3. The molecule has 0 aromatic carbocycles. The number of aliphatic hydroxyl groups is 5. The lowest BCUT2D eigenvalue weighted by Crippen LogP contribution is -2.63. The molecule has 60 heavy (non-hydrogen) atoms. The number of likely N-dealkylation sites (N-methyl/N-ethyl adjacent to an activating group) is 1. The van der Waals surface area contributed by atoms with E-state index in [1.807, 2.05) is 39.8 Å². The Kier molecular flexibility index (Phi) is 17.0. The second-order valence-electron chi connectivity index (χ2n) is 18.4. The zero-order chi connectivity index (χ0) is 44.5. The number of carbonyl (C=O) groups is 2. The molecule has 0 unspecified atom stereocenters. The third kappa shape index (κ3) is 10.7. The van der Waals surface area contributed by atoms with Gasteiger partial charge in [-0.15, -0.1) is 0 Å². The van der Waals surface area contributed by atoms with Crippen LogP contribution in [0, 0.1) is 29.6 Å². The molecule has 0 radical (unpaired) electrons. The number of esters is 1. The van der Waals surface area contributed by atoms with Crippen molar-refractivity contribution in [1.29, 1.82) is 0 Å². The van der Waals surface area contributed by atoms with Crippen LogP contribution in [0.5, 0.6) is 0 Å². The summed E-state index contributed by atoms with van der Waals surface area (Å²) in [7, 11) is 6.66. The van der Waals surface area contributed by atoms with Crippen molar-refractivity contribution in [3.63, 3.8) is 0 Å². The lowest BCUT2D eigenvalue weighted by molar-refractivity contribution is -0.358. The van der Waals surface area contributed by atoms with Gasteiger partial charge in [-0.25, -0.2) is 0 Å². The summed E-state index contributed by atoms with van der Waals surface area (Å²) in [4.78, 5) is 30.3. The summed E-state index contributed by atoms with van der Waals surface area (Å²) in [5, 5.41) is 54.8. The minimum absolute atomic E-state index is 0.0807. The second kappa shape index (κ2) is 20.6. The predicted molar refractivity (Wildman–Crippen MR) is 211 cm³/mol. The standard InChI is InChI=1S/C42H73NO17/c1-18-15-42(17-53-42)38(49)21(4)30(44)20(3)24(7)56-39(50)23(6)36(58-29-14-27(52-12)31(45)25(8)55-29)22(5)35(18)59-41-37(26(43(9)10)13-19(2)54-41)60-40-34(48)33(47)32(46)28(57-40)16-51-11/h18-37,40-41,44-48H,13-17H2,1-12H3/t18-,19+,20-,21+,22+,23+,24+,25-,26-,27-,28+,29-,30-,31-,32-,33-,34+,35-,36-,37+,40-,41-,42-/m0/s1.